The Morgan fingerprint density at radius 1 is 1.20 bits per heavy atom. The van der Waals surface area contributed by atoms with Crippen LogP contribution in [0.4, 0.5) is 14.5 Å². The normalized spacial score (nSPS) is 9.85. The minimum Gasteiger partial charge on any atom is -0.497 e. The van der Waals surface area contributed by atoms with Crippen LogP contribution >= 0.6 is 0 Å². The van der Waals surface area contributed by atoms with Gasteiger partial charge in [0.15, 0.2) is 5.70 Å². The molecule has 0 amide bonds. The fraction of sp³-hybridized carbons (Fsp3) is 0.357. The Labute approximate surface area is 116 Å². The summed E-state index contributed by atoms with van der Waals surface area (Å²) in [7, 11) is 1.51. The number of halogens is 2. The van der Waals surface area contributed by atoms with Crippen LogP contribution in [-0.4, -0.2) is 26.2 Å². The number of carbonyl (C=O) groups is 1. The standard InChI is InChI=1S/C14H17F2NO3/c1-4-17(10-6-8-11(19-3)9-7-10)12(13(15)16)14(18)20-5-2/h6-9H,4-5H2,1-3H3. The Morgan fingerprint density at radius 2 is 1.80 bits per heavy atom. The monoisotopic (exact) mass is 285 g/mol. The van der Waals surface area contributed by atoms with E-state index in [0.29, 0.717) is 11.4 Å². The highest BCUT2D eigenvalue weighted by Crippen LogP contribution is 2.25. The molecule has 0 saturated heterocycles. The number of nitrogens with zero attached hydrogens (tertiary/aromatic N) is 1. The molecule has 0 spiro atoms. The van der Waals surface area contributed by atoms with E-state index in [4.69, 9.17) is 4.74 Å². The van der Waals surface area contributed by atoms with Crippen molar-refractivity contribution in [3.63, 3.8) is 0 Å². The smallest absolute Gasteiger partial charge is 0.360 e. The van der Waals surface area contributed by atoms with E-state index in [1.165, 1.54) is 12.0 Å². The van der Waals surface area contributed by atoms with Gasteiger partial charge in [0.1, 0.15) is 5.75 Å². The predicted molar refractivity (Wildman–Crippen MR) is 71.9 cm³/mol. The summed E-state index contributed by atoms with van der Waals surface area (Å²) in [4.78, 5) is 12.9. The average Bonchev–Trinajstić information content (AvgIpc) is 2.44. The zero-order chi connectivity index (χ0) is 15.1. The first-order valence-corrected chi connectivity index (χ1v) is 6.19. The molecule has 1 rings (SSSR count). The van der Waals surface area contributed by atoms with Gasteiger partial charge in [0.05, 0.1) is 13.7 Å². The number of ether oxygens (including phenoxy) is 2. The number of rotatable bonds is 6. The fourth-order valence-corrected chi connectivity index (χ4v) is 1.72. The molecule has 1 aromatic rings. The van der Waals surface area contributed by atoms with Gasteiger partial charge in [0, 0.05) is 12.2 Å². The topological polar surface area (TPSA) is 38.8 Å². The molecule has 0 aliphatic rings. The lowest BCUT2D eigenvalue weighted by atomic mass is 10.2. The fourth-order valence-electron chi connectivity index (χ4n) is 1.72. The third-order valence-electron chi connectivity index (χ3n) is 2.62. The van der Waals surface area contributed by atoms with Gasteiger partial charge in [0.25, 0.3) is 0 Å². The first kappa shape index (κ1) is 15.9. The van der Waals surface area contributed by atoms with Crippen LogP contribution in [0.5, 0.6) is 5.75 Å². The zero-order valence-corrected chi connectivity index (χ0v) is 11.7. The lowest BCUT2D eigenvalue weighted by Gasteiger charge is -2.24. The van der Waals surface area contributed by atoms with Gasteiger partial charge >= 0.3 is 12.0 Å². The molecule has 110 valence electrons. The number of likely N-dealkylation sites (N-methyl/N-ethyl adjacent to an activating group) is 1. The van der Waals surface area contributed by atoms with Gasteiger partial charge in [-0.15, -0.1) is 0 Å². The van der Waals surface area contributed by atoms with Crippen molar-refractivity contribution in [2.24, 2.45) is 0 Å². The van der Waals surface area contributed by atoms with Gasteiger partial charge in [-0.05, 0) is 38.1 Å². The maximum absolute atomic E-state index is 13.1. The lowest BCUT2D eigenvalue weighted by Crippen LogP contribution is -2.29. The zero-order valence-electron chi connectivity index (χ0n) is 11.7. The number of benzene rings is 1. The number of carbonyl (C=O) groups excluding carboxylic acids is 1. The third kappa shape index (κ3) is 3.69. The Morgan fingerprint density at radius 3 is 2.20 bits per heavy atom. The lowest BCUT2D eigenvalue weighted by molar-refractivity contribution is -0.138. The van der Waals surface area contributed by atoms with Crippen molar-refractivity contribution in [3.8, 4) is 5.75 Å². The van der Waals surface area contributed by atoms with Crippen molar-refractivity contribution in [1.82, 2.24) is 0 Å². The molecule has 20 heavy (non-hydrogen) atoms. The van der Waals surface area contributed by atoms with E-state index in [9.17, 15) is 13.6 Å². The number of anilines is 1. The summed E-state index contributed by atoms with van der Waals surface area (Å²) in [5.41, 5.74) is -0.274. The second-order valence-corrected chi connectivity index (χ2v) is 3.77. The molecule has 0 radical (unpaired) electrons. The molecule has 0 unspecified atom stereocenters. The molecule has 0 heterocycles. The highest BCUT2D eigenvalue weighted by molar-refractivity contribution is 5.93. The van der Waals surface area contributed by atoms with Crippen molar-refractivity contribution >= 4 is 11.7 Å². The van der Waals surface area contributed by atoms with Gasteiger partial charge in [-0.1, -0.05) is 0 Å². The summed E-state index contributed by atoms with van der Waals surface area (Å²) in [6.45, 7) is 3.48. The summed E-state index contributed by atoms with van der Waals surface area (Å²) in [5.74, 6) is -0.433. The molecule has 0 atom stereocenters. The first-order chi connectivity index (χ1) is 9.54. The van der Waals surface area contributed by atoms with E-state index in [2.05, 4.69) is 4.74 Å². The quantitative estimate of drug-likeness (QED) is 0.594. The molecule has 0 fully saturated rings. The summed E-state index contributed by atoms with van der Waals surface area (Å²) in [6, 6.07) is 6.48. The molecule has 6 heteroatoms. The van der Waals surface area contributed by atoms with Gasteiger partial charge in [-0.25, -0.2) is 4.79 Å². The van der Waals surface area contributed by atoms with Crippen LogP contribution in [0.3, 0.4) is 0 Å². The van der Waals surface area contributed by atoms with Crippen LogP contribution in [0.15, 0.2) is 36.0 Å². The average molecular weight is 285 g/mol. The minimum atomic E-state index is -2.07. The van der Waals surface area contributed by atoms with Gasteiger partial charge < -0.3 is 14.4 Å². The molecular formula is C14H17F2NO3. The molecular weight excluding hydrogens is 268 g/mol. The van der Waals surface area contributed by atoms with E-state index in [-0.39, 0.29) is 13.2 Å². The van der Waals surface area contributed by atoms with Crippen molar-refractivity contribution in [2.75, 3.05) is 25.2 Å². The van der Waals surface area contributed by atoms with Crippen molar-refractivity contribution in [3.05, 3.63) is 36.0 Å². The SMILES string of the molecule is CCOC(=O)C(=C(F)F)N(CC)c1ccc(OC)cc1. The Hall–Kier alpha value is -2.11. The van der Waals surface area contributed by atoms with Crippen LogP contribution in [0.2, 0.25) is 0 Å². The second-order valence-electron chi connectivity index (χ2n) is 3.77. The highest BCUT2D eigenvalue weighted by Gasteiger charge is 2.25. The molecule has 0 aliphatic heterocycles. The van der Waals surface area contributed by atoms with Crippen LogP contribution in [-0.2, 0) is 9.53 Å². The van der Waals surface area contributed by atoms with Crippen molar-refractivity contribution in [2.45, 2.75) is 13.8 Å². The summed E-state index contributed by atoms with van der Waals surface area (Å²) in [6.07, 6.45) is -2.07. The Balaban J connectivity index is 3.13. The van der Waals surface area contributed by atoms with Crippen LogP contribution in [0.1, 0.15) is 13.8 Å². The second kappa shape index (κ2) is 7.47. The molecule has 0 saturated carbocycles. The Bertz CT molecular complexity index is 482. The largest absolute Gasteiger partial charge is 0.497 e. The molecule has 0 N–H and O–H groups in total. The van der Waals surface area contributed by atoms with Gasteiger partial charge in [-0.2, -0.15) is 8.78 Å². The summed E-state index contributed by atoms with van der Waals surface area (Å²) in [5, 5.41) is 0. The molecule has 0 bridgehead atoms. The first-order valence-electron chi connectivity index (χ1n) is 6.19. The van der Waals surface area contributed by atoms with E-state index in [0.717, 1.165) is 0 Å². The van der Waals surface area contributed by atoms with E-state index >= 15 is 0 Å². The molecule has 0 aliphatic carbocycles. The number of esters is 1. The number of methoxy groups -OCH3 is 1. The number of hydrogen-bond acceptors (Lipinski definition) is 4. The molecule has 1 aromatic carbocycles. The van der Waals surface area contributed by atoms with Crippen molar-refractivity contribution < 1.29 is 23.0 Å². The maximum Gasteiger partial charge on any atom is 0.360 e. The molecule has 0 aromatic heterocycles. The highest BCUT2D eigenvalue weighted by atomic mass is 19.3. The summed E-state index contributed by atoms with van der Waals surface area (Å²) < 4.78 is 35.8. The van der Waals surface area contributed by atoms with Crippen LogP contribution < -0.4 is 9.64 Å². The van der Waals surface area contributed by atoms with E-state index < -0.39 is 17.7 Å². The van der Waals surface area contributed by atoms with Crippen molar-refractivity contribution in [1.29, 1.82) is 0 Å². The van der Waals surface area contributed by atoms with E-state index in [1.807, 2.05) is 0 Å². The minimum absolute atomic E-state index is 0.0375. The summed E-state index contributed by atoms with van der Waals surface area (Å²) >= 11 is 0. The predicted octanol–water partition coefficient (Wildman–Crippen LogP) is 3.19. The van der Waals surface area contributed by atoms with E-state index in [1.54, 1.807) is 38.1 Å². The molecule has 4 nitrogen and oxygen atoms in total. The van der Waals surface area contributed by atoms with Gasteiger partial charge in [0.2, 0.25) is 0 Å². The van der Waals surface area contributed by atoms with Crippen LogP contribution in [0, 0.1) is 0 Å². The third-order valence-corrected chi connectivity index (χ3v) is 2.62. The van der Waals surface area contributed by atoms with Crippen LogP contribution in [0.25, 0.3) is 0 Å². The maximum atomic E-state index is 13.1. The Kier molecular flexibility index (Phi) is 5.96. The van der Waals surface area contributed by atoms with Gasteiger partial charge in [-0.3, -0.25) is 0 Å². The number of hydrogen-bond donors (Lipinski definition) is 0.